The van der Waals surface area contributed by atoms with Crippen LogP contribution in [0, 0.1) is 6.92 Å². The number of anilines is 1. The predicted octanol–water partition coefficient (Wildman–Crippen LogP) is 4.76. The van der Waals surface area contributed by atoms with Gasteiger partial charge in [0.15, 0.2) is 0 Å². The summed E-state index contributed by atoms with van der Waals surface area (Å²) in [5, 5.41) is 16.1. The number of thiophene rings is 1. The molecule has 3 rings (SSSR count). The minimum absolute atomic E-state index is 0.127. The van der Waals surface area contributed by atoms with Gasteiger partial charge in [0.05, 0.1) is 16.8 Å². The van der Waals surface area contributed by atoms with Crippen LogP contribution in [0.4, 0.5) is 5.69 Å². The molecule has 0 bridgehead atoms. The van der Waals surface area contributed by atoms with E-state index in [9.17, 15) is 9.90 Å². The van der Waals surface area contributed by atoms with Gasteiger partial charge in [-0.1, -0.05) is 23.2 Å². The van der Waals surface area contributed by atoms with Crippen LogP contribution in [0.1, 0.15) is 22.2 Å². The molecule has 0 aliphatic carbocycles. The van der Waals surface area contributed by atoms with Crippen molar-refractivity contribution in [3.63, 3.8) is 0 Å². The maximum absolute atomic E-state index is 11.3. The lowest BCUT2D eigenvalue weighted by Crippen LogP contribution is -2.18. The topological polar surface area (TPSA) is 52.9 Å². The number of carboxylic acid groups (broad SMARTS) is 1. The van der Waals surface area contributed by atoms with E-state index in [1.54, 1.807) is 34.5 Å². The summed E-state index contributed by atoms with van der Waals surface area (Å²) in [6.45, 7) is 2.02. The Morgan fingerprint density at radius 3 is 2.73 bits per heavy atom. The molecule has 1 atom stereocenters. The molecule has 1 aliphatic rings. The number of hydrazone groups is 1. The predicted molar refractivity (Wildman–Crippen MR) is 90.4 cm³/mol. The van der Waals surface area contributed by atoms with E-state index in [1.165, 1.54) is 4.88 Å². The van der Waals surface area contributed by atoms with Crippen LogP contribution in [0.25, 0.3) is 0 Å². The molecule has 2 aromatic rings. The molecule has 2 heterocycles. The highest BCUT2D eigenvalue weighted by Gasteiger charge is 2.34. The number of halogens is 2. The van der Waals surface area contributed by atoms with Gasteiger partial charge in [0.2, 0.25) is 0 Å². The van der Waals surface area contributed by atoms with E-state index >= 15 is 0 Å². The second-order valence-electron chi connectivity index (χ2n) is 4.96. The zero-order valence-electron chi connectivity index (χ0n) is 11.6. The van der Waals surface area contributed by atoms with Crippen LogP contribution in [0.15, 0.2) is 35.4 Å². The van der Waals surface area contributed by atoms with Crippen molar-refractivity contribution in [2.45, 2.75) is 19.4 Å². The van der Waals surface area contributed by atoms with Crippen molar-refractivity contribution in [1.29, 1.82) is 0 Å². The van der Waals surface area contributed by atoms with Gasteiger partial charge in [-0.2, -0.15) is 5.10 Å². The number of nitrogens with zero attached hydrogens (tertiary/aromatic N) is 2. The Hall–Kier alpha value is -1.56. The lowest BCUT2D eigenvalue weighted by Gasteiger charge is -2.23. The molecule has 1 aromatic heterocycles. The van der Waals surface area contributed by atoms with Crippen molar-refractivity contribution in [2.24, 2.45) is 5.10 Å². The Morgan fingerprint density at radius 2 is 2.14 bits per heavy atom. The molecule has 1 unspecified atom stereocenters. The normalized spacial score (nSPS) is 17.7. The van der Waals surface area contributed by atoms with Crippen molar-refractivity contribution in [2.75, 3.05) is 5.01 Å². The summed E-state index contributed by atoms with van der Waals surface area (Å²) in [5.74, 6) is -1.01. The van der Waals surface area contributed by atoms with Crippen molar-refractivity contribution in [3.8, 4) is 0 Å². The summed E-state index contributed by atoms with van der Waals surface area (Å²) in [5.41, 5.74) is 0.778. The molecule has 114 valence electrons. The zero-order valence-corrected chi connectivity index (χ0v) is 13.9. The number of carbonyl (C=O) groups is 1. The third-order valence-corrected chi connectivity index (χ3v) is 5.04. The summed E-state index contributed by atoms with van der Waals surface area (Å²) in [7, 11) is 0. The van der Waals surface area contributed by atoms with Gasteiger partial charge in [0.1, 0.15) is 5.71 Å². The minimum Gasteiger partial charge on any atom is -0.477 e. The van der Waals surface area contributed by atoms with Gasteiger partial charge in [-0.15, -0.1) is 11.3 Å². The van der Waals surface area contributed by atoms with Crippen LogP contribution >= 0.6 is 34.5 Å². The molecule has 1 aromatic carbocycles. The first-order valence-corrected chi connectivity index (χ1v) is 8.14. The first kappa shape index (κ1) is 15.3. The number of aliphatic carboxylic acids is 1. The van der Waals surface area contributed by atoms with Crippen LogP contribution in [0.2, 0.25) is 10.0 Å². The van der Waals surface area contributed by atoms with E-state index in [1.807, 2.05) is 19.1 Å². The van der Waals surface area contributed by atoms with E-state index in [-0.39, 0.29) is 11.8 Å². The van der Waals surface area contributed by atoms with E-state index in [0.717, 1.165) is 4.88 Å². The van der Waals surface area contributed by atoms with Gasteiger partial charge in [-0.3, -0.25) is 5.01 Å². The quantitative estimate of drug-likeness (QED) is 0.864. The lowest BCUT2D eigenvalue weighted by molar-refractivity contribution is -0.129. The highest BCUT2D eigenvalue weighted by Crippen LogP contribution is 2.41. The highest BCUT2D eigenvalue weighted by atomic mass is 35.5. The average Bonchev–Trinajstić information content (AvgIpc) is 3.05. The maximum atomic E-state index is 11.3. The molecule has 0 radical (unpaired) electrons. The summed E-state index contributed by atoms with van der Waals surface area (Å²) >= 11 is 13.8. The number of hydrogen-bond donors (Lipinski definition) is 1. The Kier molecular flexibility index (Phi) is 4.12. The zero-order chi connectivity index (χ0) is 15.9. The van der Waals surface area contributed by atoms with Crippen LogP contribution in [-0.2, 0) is 4.79 Å². The number of carboxylic acids is 1. The van der Waals surface area contributed by atoms with E-state index in [4.69, 9.17) is 23.2 Å². The van der Waals surface area contributed by atoms with Crippen molar-refractivity contribution < 1.29 is 9.90 Å². The SMILES string of the molecule is Cc1ccc(C2CC(C(=O)O)=NN2c2ccc(Cl)cc2Cl)s1. The fourth-order valence-corrected chi connectivity index (χ4v) is 3.84. The monoisotopic (exact) mass is 354 g/mol. The number of hydrogen-bond acceptors (Lipinski definition) is 4. The molecule has 1 N–H and O–H groups in total. The van der Waals surface area contributed by atoms with Crippen LogP contribution in [0.3, 0.4) is 0 Å². The van der Waals surface area contributed by atoms with Gasteiger partial charge in [0, 0.05) is 21.2 Å². The average molecular weight is 355 g/mol. The van der Waals surface area contributed by atoms with Crippen molar-refractivity contribution in [3.05, 3.63) is 50.1 Å². The van der Waals surface area contributed by atoms with Gasteiger partial charge < -0.3 is 5.11 Å². The third kappa shape index (κ3) is 2.84. The summed E-state index contributed by atoms with van der Waals surface area (Å²) < 4.78 is 0. The Morgan fingerprint density at radius 1 is 1.36 bits per heavy atom. The number of aryl methyl sites for hydroxylation is 1. The Bertz CT molecular complexity index is 773. The van der Waals surface area contributed by atoms with Crippen LogP contribution in [0.5, 0.6) is 0 Å². The molecule has 0 saturated heterocycles. The van der Waals surface area contributed by atoms with Crippen LogP contribution < -0.4 is 5.01 Å². The smallest absolute Gasteiger partial charge is 0.352 e. The summed E-state index contributed by atoms with van der Waals surface area (Å²) in [6, 6.07) is 8.95. The van der Waals surface area contributed by atoms with Crippen LogP contribution in [-0.4, -0.2) is 16.8 Å². The van der Waals surface area contributed by atoms with Gasteiger partial charge in [0.25, 0.3) is 0 Å². The van der Waals surface area contributed by atoms with E-state index in [0.29, 0.717) is 22.2 Å². The van der Waals surface area contributed by atoms with Gasteiger partial charge in [-0.25, -0.2) is 4.79 Å². The molecule has 22 heavy (non-hydrogen) atoms. The molecule has 1 aliphatic heterocycles. The molecule has 4 nitrogen and oxygen atoms in total. The molecule has 0 saturated carbocycles. The summed E-state index contributed by atoms with van der Waals surface area (Å²) in [6.07, 6.45) is 0.342. The van der Waals surface area contributed by atoms with Gasteiger partial charge >= 0.3 is 5.97 Å². The summed E-state index contributed by atoms with van der Waals surface area (Å²) in [4.78, 5) is 13.5. The lowest BCUT2D eigenvalue weighted by atomic mass is 10.1. The molecule has 7 heteroatoms. The van der Waals surface area contributed by atoms with Crippen molar-refractivity contribution in [1.82, 2.24) is 0 Å². The third-order valence-electron chi connectivity index (χ3n) is 3.40. The fourth-order valence-electron chi connectivity index (χ4n) is 2.38. The Labute approximate surface area is 141 Å². The second-order valence-corrected chi connectivity index (χ2v) is 7.12. The molecular weight excluding hydrogens is 343 g/mol. The van der Waals surface area contributed by atoms with E-state index in [2.05, 4.69) is 5.10 Å². The minimum atomic E-state index is -1.01. The molecule has 0 fully saturated rings. The van der Waals surface area contributed by atoms with Crippen molar-refractivity contribution >= 4 is 51.9 Å². The molecule has 0 amide bonds. The fraction of sp³-hybridized carbons (Fsp3) is 0.200. The number of benzene rings is 1. The highest BCUT2D eigenvalue weighted by molar-refractivity contribution is 7.12. The second kappa shape index (κ2) is 5.91. The maximum Gasteiger partial charge on any atom is 0.352 e. The van der Waals surface area contributed by atoms with E-state index < -0.39 is 5.97 Å². The Balaban J connectivity index is 2.05. The largest absolute Gasteiger partial charge is 0.477 e. The first-order valence-electron chi connectivity index (χ1n) is 6.57. The van der Waals surface area contributed by atoms with Gasteiger partial charge in [-0.05, 0) is 37.3 Å². The first-order chi connectivity index (χ1) is 10.5. The number of rotatable bonds is 3. The standard InChI is InChI=1S/C15H12Cl2N2O2S/c1-8-2-5-14(22-8)13-7-11(15(20)21)18-19(13)12-4-3-9(16)6-10(12)17/h2-6,13H,7H2,1H3,(H,20,21). The molecule has 0 spiro atoms. The molecular formula is C15H12Cl2N2O2S.